The van der Waals surface area contributed by atoms with E-state index in [0.717, 1.165) is 42.9 Å². The van der Waals surface area contributed by atoms with Gasteiger partial charge < -0.3 is 15.2 Å². The van der Waals surface area contributed by atoms with E-state index in [1.807, 2.05) is 35.9 Å². The molecule has 0 aliphatic carbocycles. The molecule has 31 heavy (non-hydrogen) atoms. The van der Waals surface area contributed by atoms with Crippen molar-refractivity contribution in [2.75, 3.05) is 31.1 Å². The second kappa shape index (κ2) is 11.6. The summed E-state index contributed by atoms with van der Waals surface area (Å²) in [6.07, 6.45) is 0.979. The molecular weight excluding hydrogens is 439 g/mol. The van der Waals surface area contributed by atoms with Gasteiger partial charge in [-0.3, -0.25) is 9.58 Å². The van der Waals surface area contributed by atoms with E-state index < -0.39 is 6.09 Å². The lowest BCUT2D eigenvalue weighted by Gasteiger charge is -2.27. The van der Waals surface area contributed by atoms with Crippen LogP contribution in [0.15, 0.2) is 24.3 Å². The molecule has 9 heteroatoms. The number of piperidine rings is 1. The van der Waals surface area contributed by atoms with Gasteiger partial charge in [-0.05, 0) is 62.9 Å². The Hall–Kier alpha value is -1.96. The van der Waals surface area contributed by atoms with Crippen LogP contribution in [0.5, 0.6) is 5.75 Å². The molecule has 1 aliphatic heterocycles. The SMILES string of the molecule is Cc1cc(N(CC2CCNCC2)C(=O)O)nn1Cc1cc(Cl)ccc1OCC(C)C.Cl. The number of amides is 1. The monoisotopic (exact) mass is 470 g/mol. The molecule has 2 N–H and O–H groups in total. The molecule has 1 aliphatic rings. The van der Waals surface area contributed by atoms with Crippen LogP contribution in [0.4, 0.5) is 10.6 Å². The van der Waals surface area contributed by atoms with Gasteiger partial charge in [-0.2, -0.15) is 5.10 Å². The number of hydrogen-bond donors (Lipinski definition) is 2. The molecule has 2 heterocycles. The number of carboxylic acid groups (broad SMARTS) is 1. The molecule has 0 atom stereocenters. The number of nitrogens with zero attached hydrogens (tertiary/aromatic N) is 3. The normalized spacial score (nSPS) is 14.4. The number of halogens is 2. The minimum atomic E-state index is -0.970. The van der Waals surface area contributed by atoms with Crippen molar-refractivity contribution in [2.45, 2.75) is 40.2 Å². The Bertz CT molecular complexity index is 866. The fraction of sp³-hybridized carbons (Fsp3) is 0.545. The average molecular weight is 471 g/mol. The van der Waals surface area contributed by atoms with Crippen LogP contribution in [-0.4, -0.2) is 47.2 Å². The molecule has 3 rings (SSSR count). The first-order valence-electron chi connectivity index (χ1n) is 10.5. The quantitative estimate of drug-likeness (QED) is 0.577. The van der Waals surface area contributed by atoms with Crippen LogP contribution in [0, 0.1) is 18.8 Å². The van der Waals surface area contributed by atoms with E-state index in [1.54, 1.807) is 0 Å². The van der Waals surface area contributed by atoms with Crippen LogP contribution in [0.2, 0.25) is 5.02 Å². The van der Waals surface area contributed by atoms with Crippen molar-refractivity contribution in [1.29, 1.82) is 0 Å². The number of hydrogen-bond acceptors (Lipinski definition) is 4. The summed E-state index contributed by atoms with van der Waals surface area (Å²) >= 11 is 6.21. The van der Waals surface area contributed by atoms with Gasteiger partial charge in [0.25, 0.3) is 0 Å². The van der Waals surface area contributed by atoms with E-state index in [2.05, 4.69) is 24.3 Å². The van der Waals surface area contributed by atoms with E-state index in [-0.39, 0.29) is 12.4 Å². The fourth-order valence-corrected chi connectivity index (χ4v) is 3.80. The maximum Gasteiger partial charge on any atom is 0.413 e. The third-order valence-corrected chi connectivity index (χ3v) is 5.53. The van der Waals surface area contributed by atoms with Crippen molar-refractivity contribution in [2.24, 2.45) is 11.8 Å². The predicted molar refractivity (Wildman–Crippen MR) is 126 cm³/mol. The second-order valence-corrected chi connectivity index (χ2v) is 8.78. The zero-order chi connectivity index (χ0) is 21.7. The van der Waals surface area contributed by atoms with E-state index >= 15 is 0 Å². The number of aryl methyl sites for hydroxylation is 1. The topological polar surface area (TPSA) is 79.6 Å². The maximum absolute atomic E-state index is 11.9. The van der Waals surface area contributed by atoms with Crippen LogP contribution in [0.25, 0.3) is 0 Å². The van der Waals surface area contributed by atoms with Crippen LogP contribution in [-0.2, 0) is 6.54 Å². The summed E-state index contributed by atoms with van der Waals surface area (Å²) in [6.45, 7) is 9.53. The highest BCUT2D eigenvalue weighted by molar-refractivity contribution is 6.30. The molecule has 0 bridgehead atoms. The van der Waals surface area contributed by atoms with Gasteiger partial charge in [-0.1, -0.05) is 25.4 Å². The van der Waals surface area contributed by atoms with E-state index in [4.69, 9.17) is 16.3 Å². The highest BCUT2D eigenvalue weighted by Crippen LogP contribution is 2.26. The fourth-order valence-electron chi connectivity index (χ4n) is 3.61. The summed E-state index contributed by atoms with van der Waals surface area (Å²) in [5.74, 6) is 1.99. The molecule has 1 amide bonds. The molecule has 0 radical (unpaired) electrons. The average Bonchev–Trinajstić information content (AvgIpc) is 3.06. The number of anilines is 1. The Balaban J connectivity index is 0.00000341. The van der Waals surface area contributed by atoms with Crippen molar-refractivity contribution in [3.8, 4) is 5.75 Å². The molecule has 172 valence electrons. The Kier molecular flexibility index (Phi) is 9.47. The maximum atomic E-state index is 11.9. The van der Waals surface area contributed by atoms with Crippen LogP contribution >= 0.6 is 24.0 Å². The second-order valence-electron chi connectivity index (χ2n) is 8.35. The van der Waals surface area contributed by atoms with Crippen molar-refractivity contribution < 1.29 is 14.6 Å². The Morgan fingerprint density at radius 2 is 2.06 bits per heavy atom. The zero-order valence-corrected chi connectivity index (χ0v) is 19.9. The summed E-state index contributed by atoms with van der Waals surface area (Å²) in [7, 11) is 0. The minimum Gasteiger partial charge on any atom is -0.493 e. The standard InChI is InChI=1S/C22H31ClN4O3.ClH/c1-15(2)14-30-20-5-4-19(23)11-18(20)13-27-16(3)10-21(25-27)26(22(28)29)12-17-6-8-24-9-7-17;/h4-5,10-11,15,17,24H,6-9,12-14H2,1-3H3,(H,28,29);1H. The third kappa shape index (κ3) is 7.02. The molecular formula is C22H32Cl2N4O3. The third-order valence-electron chi connectivity index (χ3n) is 5.29. The molecule has 1 saturated heterocycles. The summed E-state index contributed by atoms with van der Waals surface area (Å²) < 4.78 is 7.76. The molecule has 7 nitrogen and oxygen atoms in total. The van der Waals surface area contributed by atoms with Gasteiger partial charge in [0.15, 0.2) is 5.82 Å². The smallest absolute Gasteiger partial charge is 0.413 e. The Morgan fingerprint density at radius 1 is 1.35 bits per heavy atom. The first kappa shape index (κ1) is 25.3. The number of aromatic nitrogens is 2. The van der Waals surface area contributed by atoms with E-state index in [1.165, 1.54) is 4.90 Å². The van der Waals surface area contributed by atoms with Gasteiger partial charge in [-0.15, -0.1) is 12.4 Å². The van der Waals surface area contributed by atoms with Crippen molar-refractivity contribution in [3.05, 3.63) is 40.5 Å². The molecule has 1 aromatic carbocycles. The molecule has 0 spiro atoms. The van der Waals surface area contributed by atoms with Gasteiger partial charge in [0.05, 0.1) is 13.2 Å². The van der Waals surface area contributed by atoms with Crippen molar-refractivity contribution >= 4 is 35.9 Å². The van der Waals surface area contributed by atoms with Crippen molar-refractivity contribution in [1.82, 2.24) is 15.1 Å². The van der Waals surface area contributed by atoms with Crippen LogP contribution in [0.3, 0.4) is 0 Å². The number of ether oxygens (including phenoxy) is 1. The summed E-state index contributed by atoms with van der Waals surface area (Å²) in [4.78, 5) is 13.3. The zero-order valence-electron chi connectivity index (χ0n) is 18.3. The molecule has 1 fully saturated rings. The van der Waals surface area contributed by atoms with Gasteiger partial charge in [-0.25, -0.2) is 4.79 Å². The highest BCUT2D eigenvalue weighted by atomic mass is 35.5. The first-order valence-corrected chi connectivity index (χ1v) is 10.9. The lowest BCUT2D eigenvalue weighted by Crippen LogP contribution is -2.39. The summed E-state index contributed by atoms with van der Waals surface area (Å²) in [5.41, 5.74) is 1.80. The lowest BCUT2D eigenvalue weighted by molar-refractivity contribution is 0.199. The number of carbonyl (C=O) groups is 1. The van der Waals surface area contributed by atoms with Crippen LogP contribution < -0.4 is 15.0 Å². The van der Waals surface area contributed by atoms with Gasteiger partial charge in [0, 0.05) is 28.9 Å². The summed E-state index contributed by atoms with van der Waals surface area (Å²) in [5, 5.41) is 18.3. The first-order chi connectivity index (χ1) is 14.3. The Labute approximate surface area is 195 Å². The summed E-state index contributed by atoms with van der Waals surface area (Å²) in [6, 6.07) is 7.39. The Morgan fingerprint density at radius 3 is 2.71 bits per heavy atom. The van der Waals surface area contributed by atoms with Crippen molar-refractivity contribution in [3.63, 3.8) is 0 Å². The van der Waals surface area contributed by atoms with Gasteiger partial charge >= 0.3 is 6.09 Å². The number of rotatable bonds is 8. The number of nitrogens with one attached hydrogen (secondary N) is 1. The van der Waals surface area contributed by atoms with Gasteiger partial charge in [0.1, 0.15) is 5.75 Å². The molecule has 1 aromatic heterocycles. The number of benzene rings is 1. The molecule has 2 aromatic rings. The minimum absolute atomic E-state index is 0. The van der Waals surface area contributed by atoms with E-state index in [9.17, 15) is 9.90 Å². The van der Waals surface area contributed by atoms with Gasteiger partial charge in [0.2, 0.25) is 0 Å². The predicted octanol–water partition coefficient (Wildman–Crippen LogP) is 4.83. The van der Waals surface area contributed by atoms with Crippen LogP contribution in [0.1, 0.15) is 37.9 Å². The van der Waals surface area contributed by atoms with E-state index in [0.29, 0.717) is 42.4 Å². The largest absolute Gasteiger partial charge is 0.493 e. The highest BCUT2D eigenvalue weighted by Gasteiger charge is 2.24. The molecule has 0 saturated carbocycles. The molecule has 0 unspecified atom stereocenters. The lowest BCUT2D eigenvalue weighted by atomic mass is 9.98.